The Balaban J connectivity index is 2.07. The van der Waals surface area contributed by atoms with Gasteiger partial charge in [0.25, 0.3) is 0 Å². The molecule has 1 aliphatic heterocycles. The van der Waals surface area contributed by atoms with Gasteiger partial charge in [-0.3, -0.25) is 0 Å². The third-order valence-electron chi connectivity index (χ3n) is 5.53. The van der Waals surface area contributed by atoms with Gasteiger partial charge in [0.1, 0.15) is 0 Å². The highest BCUT2D eigenvalue weighted by atomic mass is 32.2. The van der Waals surface area contributed by atoms with Gasteiger partial charge < -0.3 is 0 Å². The van der Waals surface area contributed by atoms with Gasteiger partial charge in [0.15, 0.2) is 0 Å². The molecule has 2 aromatic carbocycles. The molecule has 0 aromatic heterocycles. The number of nitrogens with zero attached hydrogens (tertiary/aromatic N) is 2. The zero-order valence-corrected chi connectivity index (χ0v) is 20.0. The molecule has 1 atom stereocenters. The lowest BCUT2D eigenvalue weighted by Gasteiger charge is -2.32. The van der Waals surface area contributed by atoms with E-state index in [1.165, 1.54) is 8.61 Å². The SMILES string of the molecule is Cc1ccc(S(=O)(=O)N2CCN(S(=O)(=O)c3c(C)cc(C)cc3C)[C@@H]2C(C)C)cc1. The highest BCUT2D eigenvalue weighted by Crippen LogP contribution is 2.35. The molecule has 8 heteroatoms. The van der Waals surface area contributed by atoms with E-state index in [0.29, 0.717) is 11.1 Å². The van der Waals surface area contributed by atoms with Crippen molar-refractivity contribution in [3.63, 3.8) is 0 Å². The van der Waals surface area contributed by atoms with Crippen molar-refractivity contribution in [3.05, 3.63) is 58.7 Å². The Morgan fingerprint density at radius 1 is 0.767 bits per heavy atom. The number of benzene rings is 2. The quantitative estimate of drug-likeness (QED) is 0.698. The standard InChI is InChI=1S/C22H30N2O4S2/c1-15(2)22-23(29(25,26)20-9-7-16(3)8-10-20)11-12-24(22)30(27,28)21-18(5)13-17(4)14-19(21)6/h7-10,13-15,22H,11-12H2,1-6H3/t22-/m1/s1. The minimum absolute atomic E-state index is 0.127. The second kappa shape index (κ2) is 8.07. The summed E-state index contributed by atoms with van der Waals surface area (Å²) in [5.74, 6) is -0.214. The van der Waals surface area contributed by atoms with Crippen molar-refractivity contribution in [1.82, 2.24) is 8.61 Å². The Hall–Kier alpha value is -1.74. The summed E-state index contributed by atoms with van der Waals surface area (Å²) < 4.78 is 56.7. The van der Waals surface area contributed by atoms with Crippen LogP contribution in [0.3, 0.4) is 0 Å². The molecular weight excluding hydrogens is 420 g/mol. The third kappa shape index (κ3) is 3.93. The topological polar surface area (TPSA) is 74.8 Å². The largest absolute Gasteiger partial charge is 0.245 e. The van der Waals surface area contributed by atoms with Crippen LogP contribution in [0, 0.1) is 33.6 Å². The van der Waals surface area contributed by atoms with Gasteiger partial charge in [0, 0.05) is 13.1 Å². The molecule has 1 heterocycles. The molecule has 0 N–H and O–H groups in total. The monoisotopic (exact) mass is 450 g/mol. The third-order valence-corrected chi connectivity index (χ3v) is 9.59. The summed E-state index contributed by atoms with van der Waals surface area (Å²) >= 11 is 0. The molecule has 6 nitrogen and oxygen atoms in total. The molecule has 1 saturated heterocycles. The molecule has 1 aliphatic rings. The van der Waals surface area contributed by atoms with Gasteiger partial charge >= 0.3 is 0 Å². The van der Waals surface area contributed by atoms with Crippen LogP contribution in [-0.4, -0.2) is 44.7 Å². The number of hydrogen-bond acceptors (Lipinski definition) is 4. The van der Waals surface area contributed by atoms with Crippen LogP contribution in [0.25, 0.3) is 0 Å². The van der Waals surface area contributed by atoms with Gasteiger partial charge in [-0.05, 0) is 56.9 Å². The Bertz CT molecular complexity index is 1130. The molecule has 2 aromatic rings. The molecule has 0 saturated carbocycles. The van der Waals surface area contributed by atoms with Crippen LogP contribution >= 0.6 is 0 Å². The molecule has 30 heavy (non-hydrogen) atoms. The van der Waals surface area contributed by atoms with Crippen molar-refractivity contribution in [2.24, 2.45) is 5.92 Å². The predicted molar refractivity (Wildman–Crippen MR) is 118 cm³/mol. The van der Waals surface area contributed by atoms with Crippen LogP contribution in [0.15, 0.2) is 46.2 Å². The minimum Gasteiger partial charge on any atom is -0.207 e. The Morgan fingerprint density at radius 2 is 1.23 bits per heavy atom. The normalized spacial score (nSPS) is 19.0. The molecule has 0 unspecified atom stereocenters. The van der Waals surface area contributed by atoms with E-state index in [9.17, 15) is 16.8 Å². The van der Waals surface area contributed by atoms with Crippen LogP contribution < -0.4 is 0 Å². The Labute approximate surface area is 180 Å². The molecule has 0 amide bonds. The van der Waals surface area contributed by atoms with Gasteiger partial charge in [0.05, 0.1) is 16.0 Å². The van der Waals surface area contributed by atoms with Gasteiger partial charge in [-0.15, -0.1) is 0 Å². The van der Waals surface area contributed by atoms with E-state index in [-0.39, 0.29) is 28.8 Å². The van der Waals surface area contributed by atoms with Crippen LogP contribution in [-0.2, 0) is 20.0 Å². The molecule has 0 bridgehead atoms. The summed E-state index contributed by atoms with van der Waals surface area (Å²) in [7, 11) is -7.69. The molecular formula is C22H30N2O4S2. The summed E-state index contributed by atoms with van der Waals surface area (Å²) in [6.45, 7) is 11.4. The number of aryl methyl sites for hydroxylation is 4. The van der Waals surface area contributed by atoms with Gasteiger partial charge in [-0.2, -0.15) is 8.61 Å². The number of hydrogen-bond donors (Lipinski definition) is 0. The van der Waals surface area contributed by atoms with Crippen molar-refractivity contribution in [2.45, 2.75) is 57.5 Å². The first-order chi connectivity index (χ1) is 13.9. The van der Waals surface area contributed by atoms with Crippen LogP contribution in [0.1, 0.15) is 36.1 Å². The lowest BCUT2D eigenvalue weighted by atomic mass is 10.1. The maximum absolute atomic E-state index is 13.7. The van der Waals surface area contributed by atoms with Crippen LogP contribution in [0.5, 0.6) is 0 Å². The smallest absolute Gasteiger partial charge is 0.207 e. The fourth-order valence-electron chi connectivity index (χ4n) is 4.33. The zero-order valence-electron chi connectivity index (χ0n) is 18.4. The van der Waals surface area contributed by atoms with Crippen molar-refractivity contribution in [1.29, 1.82) is 0 Å². The molecule has 0 spiro atoms. The lowest BCUT2D eigenvalue weighted by Crippen LogP contribution is -2.47. The second-order valence-electron chi connectivity index (χ2n) is 8.43. The van der Waals surface area contributed by atoms with Crippen molar-refractivity contribution < 1.29 is 16.8 Å². The van der Waals surface area contributed by atoms with E-state index in [0.717, 1.165) is 11.1 Å². The fraction of sp³-hybridized carbons (Fsp3) is 0.455. The molecule has 164 valence electrons. The fourth-order valence-corrected chi connectivity index (χ4v) is 8.24. The highest BCUT2D eigenvalue weighted by Gasteiger charge is 2.47. The average Bonchev–Trinajstić information content (AvgIpc) is 3.08. The summed E-state index contributed by atoms with van der Waals surface area (Å²) in [5.41, 5.74) is 3.31. The maximum atomic E-state index is 13.7. The van der Waals surface area contributed by atoms with Crippen LogP contribution in [0.2, 0.25) is 0 Å². The second-order valence-corrected chi connectivity index (χ2v) is 12.1. The summed E-state index contributed by atoms with van der Waals surface area (Å²) in [5, 5.41) is 0. The first-order valence-corrected chi connectivity index (χ1v) is 12.9. The van der Waals surface area contributed by atoms with E-state index in [1.54, 1.807) is 38.1 Å². The summed E-state index contributed by atoms with van der Waals surface area (Å²) in [6, 6.07) is 10.4. The first kappa shape index (κ1) is 22.9. The Morgan fingerprint density at radius 3 is 1.70 bits per heavy atom. The average molecular weight is 451 g/mol. The highest BCUT2D eigenvalue weighted by molar-refractivity contribution is 7.90. The zero-order chi connectivity index (χ0) is 22.4. The predicted octanol–water partition coefficient (Wildman–Crippen LogP) is 3.60. The molecule has 0 radical (unpaired) electrons. The number of rotatable bonds is 5. The molecule has 1 fully saturated rings. The van der Waals surface area contributed by atoms with Crippen LogP contribution in [0.4, 0.5) is 0 Å². The van der Waals surface area contributed by atoms with Crippen molar-refractivity contribution >= 4 is 20.0 Å². The lowest BCUT2D eigenvalue weighted by molar-refractivity contribution is 0.219. The van der Waals surface area contributed by atoms with Crippen molar-refractivity contribution in [3.8, 4) is 0 Å². The van der Waals surface area contributed by atoms with E-state index in [1.807, 2.05) is 39.8 Å². The van der Waals surface area contributed by atoms with E-state index in [2.05, 4.69) is 0 Å². The summed E-state index contributed by atoms with van der Waals surface area (Å²) in [6.07, 6.45) is -0.776. The first-order valence-electron chi connectivity index (χ1n) is 10.1. The summed E-state index contributed by atoms with van der Waals surface area (Å²) in [4.78, 5) is 0.453. The van der Waals surface area contributed by atoms with Crippen molar-refractivity contribution in [2.75, 3.05) is 13.1 Å². The molecule has 3 rings (SSSR count). The van der Waals surface area contributed by atoms with E-state index < -0.39 is 26.2 Å². The van der Waals surface area contributed by atoms with Gasteiger partial charge in [-0.25, -0.2) is 16.8 Å². The van der Waals surface area contributed by atoms with Gasteiger partial charge in [-0.1, -0.05) is 49.2 Å². The maximum Gasteiger partial charge on any atom is 0.245 e. The van der Waals surface area contributed by atoms with E-state index >= 15 is 0 Å². The Kier molecular flexibility index (Phi) is 6.17. The van der Waals surface area contributed by atoms with E-state index in [4.69, 9.17) is 0 Å². The number of sulfonamides is 2. The minimum atomic E-state index is -3.87. The van der Waals surface area contributed by atoms with Gasteiger partial charge in [0.2, 0.25) is 20.0 Å². The molecule has 0 aliphatic carbocycles.